The zero-order valence-corrected chi connectivity index (χ0v) is 33.8. The molecule has 14 nitrogen and oxygen atoms in total. The maximum Gasteiger partial charge on any atom is 0.408 e. The predicted octanol–water partition coefficient (Wildman–Crippen LogP) is 3.36. The number of ether oxygens (including phenoxy) is 2. The summed E-state index contributed by atoms with van der Waals surface area (Å²) in [5.74, 6) is -3.51. The van der Waals surface area contributed by atoms with Crippen molar-refractivity contribution in [1.82, 2.24) is 26.6 Å². The molecule has 0 aliphatic heterocycles. The van der Waals surface area contributed by atoms with Crippen molar-refractivity contribution in [1.29, 1.82) is 0 Å². The quantitative estimate of drug-likeness (QED) is 0.108. The molecule has 0 bridgehead atoms. The van der Waals surface area contributed by atoms with Gasteiger partial charge in [0.05, 0.1) is 7.11 Å². The lowest BCUT2D eigenvalue weighted by Gasteiger charge is -2.31. The van der Waals surface area contributed by atoms with E-state index >= 15 is 0 Å². The van der Waals surface area contributed by atoms with E-state index in [1.165, 1.54) is 7.11 Å². The molecule has 0 heterocycles. The first-order valence-corrected chi connectivity index (χ1v) is 18.7. The van der Waals surface area contributed by atoms with Crippen molar-refractivity contribution in [3.05, 3.63) is 35.9 Å². The van der Waals surface area contributed by atoms with Crippen molar-refractivity contribution >= 4 is 35.7 Å². The van der Waals surface area contributed by atoms with E-state index in [-0.39, 0.29) is 36.5 Å². The third kappa shape index (κ3) is 17.0. The number of methoxy groups -OCH3 is 1. The Morgan fingerprint density at radius 2 is 1.28 bits per heavy atom. The van der Waals surface area contributed by atoms with Crippen molar-refractivity contribution in [2.24, 2.45) is 29.4 Å². The molecule has 7 atom stereocenters. The van der Waals surface area contributed by atoms with E-state index in [0.29, 0.717) is 12.8 Å². The van der Waals surface area contributed by atoms with Crippen LogP contribution in [0.3, 0.4) is 0 Å². The Balaban J connectivity index is 3.26. The molecule has 0 fully saturated rings. The van der Waals surface area contributed by atoms with Crippen molar-refractivity contribution in [3.8, 4) is 0 Å². The second-order valence-electron chi connectivity index (χ2n) is 15.9. The summed E-state index contributed by atoms with van der Waals surface area (Å²) >= 11 is 0. The average Bonchev–Trinajstić information content (AvgIpc) is 3.05. The van der Waals surface area contributed by atoms with Gasteiger partial charge in [-0.25, -0.2) is 9.59 Å². The van der Waals surface area contributed by atoms with Crippen molar-refractivity contribution in [2.75, 3.05) is 7.11 Å². The first-order chi connectivity index (χ1) is 24.6. The minimum Gasteiger partial charge on any atom is -0.467 e. The fourth-order valence-corrected chi connectivity index (χ4v) is 5.55. The maximum atomic E-state index is 13.9. The average molecular weight is 747 g/mol. The molecule has 5 amide bonds. The van der Waals surface area contributed by atoms with Crippen molar-refractivity contribution in [2.45, 2.75) is 144 Å². The van der Waals surface area contributed by atoms with E-state index in [1.54, 1.807) is 48.5 Å². The first kappa shape index (κ1) is 46.8. The molecule has 2 unspecified atom stereocenters. The fourth-order valence-electron chi connectivity index (χ4n) is 5.55. The molecule has 0 spiro atoms. The summed E-state index contributed by atoms with van der Waals surface area (Å²) < 4.78 is 10.2. The Kier molecular flexibility index (Phi) is 19.5. The highest BCUT2D eigenvalue weighted by Crippen LogP contribution is 2.15. The molecule has 0 saturated carbocycles. The number of esters is 1. The Bertz CT molecular complexity index is 1350. The van der Waals surface area contributed by atoms with Gasteiger partial charge in [-0.2, -0.15) is 0 Å². The van der Waals surface area contributed by atoms with Gasteiger partial charge in [-0.15, -0.1) is 0 Å². The van der Waals surface area contributed by atoms with E-state index in [0.717, 1.165) is 5.56 Å². The van der Waals surface area contributed by atoms with Crippen LogP contribution in [-0.4, -0.2) is 84.7 Å². The molecular weight excluding hydrogens is 680 g/mol. The smallest absolute Gasteiger partial charge is 0.408 e. The Morgan fingerprint density at radius 1 is 0.736 bits per heavy atom. The first-order valence-electron chi connectivity index (χ1n) is 18.7. The fraction of sp³-hybridized carbons (Fsp3) is 0.692. The van der Waals surface area contributed by atoms with Gasteiger partial charge in [0.15, 0.2) is 0 Å². The predicted molar refractivity (Wildman–Crippen MR) is 204 cm³/mol. The van der Waals surface area contributed by atoms with Gasteiger partial charge in [-0.3, -0.25) is 19.2 Å². The lowest BCUT2D eigenvalue weighted by molar-refractivity contribution is -0.147. The second-order valence-corrected chi connectivity index (χ2v) is 15.9. The highest BCUT2D eigenvalue weighted by atomic mass is 16.6. The summed E-state index contributed by atoms with van der Waals surface area (Å²) in [7, 11) is 1.24. The number of hydrogen-bond acceptors (Lipinski definition) is 9. The third-order valence-electron chi connectivity index (χ3n) is 8.76. The highest BCUT2D eigenvalue weighted by Gasteiger charge is 2.35. The number of rotatable bonds is 20. The van der Waals surface area contributed by atoms with Crippen LogP contribution in [0, 0.1) is 23.7 Å². The Hall–Kier alpha value is -4.20. The van der Waals surface area contributed by atoms with Crippen LogP contribution < -0.4 is 32.3 Å². The standard InChI is InChI=1S/C39H66N6O8/c1-13-25(8)33(36(49)45-32(24(6)7)37(50)52-12)43-30(46)21-27(40)28(20-26-17-15-14-16-18-26)41-35(48)31(23(4)5)44-34(47)29(19-22(2)3)42-38(51)53-39(9,10)11/h14-18,22-25,27-29,31-33H,13,19-21,40H2,1-12H3,(H,41,48)(H,42,51)(H,43,46)(H,44,47)(H,45,49)/t25-,27-,28-,29-,31?,32?,33-/m0/s1. The van der Waals surface area contributed by atoms with E-state index in [2.05, 4.69) is 26.6 Å². The molecule has 1 aromatic carbocycles. The van der Waals surface area contributed by atoms with Crippen LogP contribution in [0.5, 0.6) is 0 Å². The second kappa shape index (κ2) is 22.1. The molecule has 7 N–H and O–H groups in total. The van der Waals surface area contributed by atoms with Crippen LogP contribution in [0.2, 0.25) is 0 Å². The molecule has 1 rings (SSSR count). The lowest BCUT2D eigenvalue weighted by Crippen LogP contribution is -2.60. The molecule has 0 radical (unpaired) electrons. The summed E-state index contributed by atoms with van der Waals surface area (Å²) in [4.78, 5) is 79.3. The van der Waals surface area contributed by atoms with Gasteiger partial charge in [0.2, 0.25) is 23.6 Å². The van der Waals surface area contributed by atoms with Gasteiger partial charge in [0.25, 0.3) is 0 Å². The number of alkyl carbamates (subject to hydrolysis) is 1. The van der Waals surface area contributed by atoms with Gasteiger partial charge < -0.3 is 41.8 Å². The third-order valence-corrected chi connectivity index (χ3v) is 8.76. The van der Waals surface area contributed by atoms with Gasteiger partial charge in [-0.1, -0.05) is 92.1 Å². The van der Waals surface area contributed by atoms with Crippen molar-refractivity contribution in [3.63, 3.8) is 0 Å². The van der Waals surface area contributed by atoms with E-state index in [9.17, 15) is 28.8 Å². The molecular formula is C39H66N6O8. The van der Waals surface area contributed by atoms with Gasteiger partial charge >= 0.3 is 12.1 Å². The van der Waals surface area contributed by atoms with E-state index in [1.807, 2.05) is 58.0 Å². The molecule has 0 aliphatic carbocycles. The number of amides is 5. The van der Waals surface area contributed by atoms with Crippen LogP contribution in [0.15, 0.2) is 30.3 Å². The summed E-state index contributed by atoms with van der Waals surface area (Å²) in [6.45, 7) is 19.8. The number of carbonyl (C=O) groups excluding carboxylic acids is 6. The monoisotopic (exact) mass is 746 g/mol. The molecule has 300 valence electrons. The number of carbonyl (C=O) groups is 6. The van der Waals surface area contributed by atoms with Crippen LogP contribution in [-0.2, 0) is 39.9 Å². The normalized spacial score (nSPS) is 15.6. The summed E-state index contributed by atoms with van der Waals surface area (Å²) in [6.07, 6.45) is 0.171. The lowest BCUT2D eigenvalue weighted by atomic mass is 9.94. The number of hydrogen-bond donors (Lipinski definition) is 6. The van der Waals surface area contributed by atoms with Gasteiger partial charge in [0, 0.05) is 18.5 Å². The number of nitrogens with two attached hydrogens (primary N) is 1. The molecule has 14 heteroatoms. The van der Waals surface area contributed by atoms with Crippen LogP contribution >= 0.6 is 0 Å². The summed E-state index contributed by atoms with van der Waals surface area (Å²) in [5, 5.41) is 13.9. The number of benzene rings is 1. The van der Waals surface area contributed by atoms with Gasteiger partial charge in [0.1, 0.15) is 29.8 Å². The largest absolute Gasteiger partial charge is 0.467 e. The highest BCUT2D eigenvalue weighted by molar-refractivity contribution is 5.92. The Morgan fingerprint density at radius 3 is 1.77 bits per heavy atom. The van der Waals surface area contributed by atoms with Crippen LogP contribution in [0.4, 0.5) is 4.79 Å². The Labute approximate surface area is 316 Å². The maximum absolute atomic E-state index is 13.9. The van der Waals surface area contributed by atoms with Crippen molar-refractivity contribution < 1.29 is 38.2 Å². The summed E-state index contributed by atoms with van der Waals surface area (Å²) in [5.41, 5.74) is 6.74. The molecule has 0 aromatic heterocycles. The molecule has 0 saturated heterocycles. The zero-order chi connectivity index (χ0) is 40.6. The SMILES string of the molecule is CC[C@H](C)[C@H](NC(=O)C[C@H](N)[C@H](Cc1ccccc1)NC(=O)C(NC(=O)[C@H](CC(C)C)NC(=O)OC(C)(C)C)C(C)C)C(=O)NC(C(=O)OC)C(C)C. The molecule has 53 heavy (non-hydrogen) atoms. The molecule has 1 aromatic rings. The van der Waals surface area contributed by atoms with E-state index < -0.39 is 77.5 Å². The minimum atomic E-state index is -1.00. The summed E-state index contributed by atoms with van der Waals surface area (Å²) in [6, 6.07) is 3.86. The van der Waals surface area contributed by atoms with E-state index in [4.69, 9.17) is 15.2 Å². The topological polar surface area (TPSA) is 207 Å². The van der Waals surface area contributed by atoms with Gasteiger partial charge in [-0.05, 0) is 62.8 Å². The minimum absolute atomic E-state index is 0.0434. The van der Waals surface area contributed by atoms with Crippen LogP contribution in [0.25, 0.3) is 0 Å². The number of nitrogens with one attached hydrogen (secondary N) is 5. The molecule has 0 aliphatic rings. The zero-order valence-electron chi connectivity index (χ0n) is 33.8. The van der Waals surface area contributed by atoms with Crippen LogP contribution in [0.1, 0.15) is 101 Å².